The van der Waals surface area contributed by atoms with E-state index in [1.807, 2.05) is 6.07 Å². The zero-order valence-electron chi connectivity index (χ0n) is 6.14. The minimum absolute atomic E-state index is 0.131. The summed E-state index contributed by atoms with van der Waals surface area (Å²) in [4.78, 5) is 4.15. The maximum atomic E-state index is 10.9. The Labute approximate surface area is 68.0 Å². The highest BCUT2D eigenvalue weighted by molar-refractivity contribution is 5.73. The Hall–Kier alpha value is -1.91. The Bertz CT molecular complexity index is 388. The maximum absolute atomic E-state index is 10.9. The molecule has 0 saturated heterocycles. The minimum atomic E-state index is -0.131. The van der Waals surface area contributed by atoms with E-state index in [1.165, 1.54) is 0 Å². The number of para-hydroxylation sites is 1. The first-order valence-corrected chi connectivity index (χ1v) is 3.39. The molecule has 60 valence electrons. The van der Waals surface area contributed by atoms with Crippen LogP contribution in [-0.4, -0.2) is 10.1 Å². The molecule has 5 heteroatoms. The van der Waals surface area contributed by atoms with Gasteiger partial charge in [-0.2, -0.15) is 0 Å². The topological polar surface area (TPSA) is 78.7 Å². The van der Waals surface area contributed by atoms with Gasteiger partial charge in [0.05, 0.1) is 0 Å². The van der Waals surface area contributed by atoms with E-state index < -0.39 is 0 Å². The Morgan fingerprint density at radius 3 is 2.67 bits per heavy atom. The van der Waals surface area contributed by atoms with Gasteiger partial charge in [-0.15, -0.1) is 9.94 Å². The Balaban J connectivity index is 2.84. The van der Waals surface area contributed by atoms with Gasteiger partial charge in [0, 0.05) is 0 Å². The van der Waals surface area contributed by atoms with Crippen molar-refractivity contribution in [2.24, 2.45) is 0 Å². The van der Waals surface area contributed by atoms with Gasteiger partial charge in [-0.3, -0.25) is 5.73 Å². The zero-order chi connectivity index (χ0) is 8.55. The number of hydrogen-bond donors (Lipinski definition) is 1. The van der Waals surface area contributed by atoms with Crippen molar-refractivity contribution < 1.29 is 4.85 Å². The summed E-state index contributed by atoms with van der Waals surface area (Å²) in [6, 6.07) is 7.05. The SMILES string of the molecule is Nc1nc2ccccc2n[n+]1[O-]. The van der Waals surface area contributed by atoms with Gasteiger partial charge < -0.3 is 5.21 Å². The van der Waals surface area contributed by atoms with E-state index in [0.717, 1.165) is 0 Å². The number of nitrogen functional groups attached to an aromatic ring is 1. The number of nitrogens with zero attached hydrogens (tertiary/aromatic N) is 3. The molecule has 0 spiro atoms. The molecule has 0 saturated carbocycles. The first-order valence-electron chi connectivity index (χ1n) is 3.39. The van der Waals surface area contributed by atoms with Gasteiger partial charge in [-0.05, 0) is 12.1 Å². The largest absolute Gasteiger partial charge is 0.722 e. The van der Waals surface area contributed by atoms with Crippen LogP contribution in [0.25, 0.3) is 11.0 Å². The summed E-state index contributed by atoms with van der Waals surface area (Å²) in [5, 5.41) is 14.5. The highest BCUT2D eigenvalue weighted by atomic mass is 16.5. The third-order valence-electron chi connectivity index (χ3n) is 1.51. The average molecular weight is 162 g/mol. The van der Waals surface area contributed by atoms with E-state index in [9.17, 15) is 5.21 Å². The second-order valence-corrected chi connectivity index (χ2v) is 2.33. The fraction of sp³-hybridized carbons (Fsp3) is 0. The molecule has 12 heavy (non-hydrogen) atoms. The van der Waals surface area contributed by atoms with Crippen molar-refractivity contribution in [3.05, 3.63) is 29.5 Å². The van der Waals surface area contributed by atoms with E-state index in [4.69, 9.17) is 5.73 Å². The van der Waals surface area contributed by atoms with Crippen molar-refractivity contribution in [2.75, 3.05) is 5.73 Å². The molecule has 0 amide bonds. The fourth-order valence-electron chi connectivity index (χ4n) is 0.959. The van der Waals surface area contributed by atoms with Crippen LogP contribution >= 0.6 is 0 Å². The molecule has 0 aliphatic rings. The third kappa shape index (κ3) is 0.914. The normalized spacial score (nSPS) is 10.3. The van der Waals surface area contributed by atoms with Crippen LogP contribution in [0.15, 0.2) is 24.3 Å². The summed E-state index contributed by atoms with van der Waals surface area (Å²) in [6.07, 6.45) is 0. The molecule has 1 aromatic heterocycles. The molecular weight excluding hydrogens is 156 g/mol. The van der Waals surface area contributed by atoms with Crippen LogP contribution in [-0.2, 0) is 0 Å². The van der Waals surface area contributed by atoms with Crippen LogP contribution in [0.3, 0.4) is 0 Å². The average Bonchev–Trinajstić information content (AvgIpc) is 2.07. The first kappa shape index (κ1) is 6.78. The van der Waals surface area contributed by atoms with E-state index in [0.29, 0.717) is 15.9 Å². The van der Waals surface area contributed by atoms with Gasteiger partial charge in [0.1, 0.15) is 5.52 Å². The van der Waals surface area contributed by atoms with Crippen molar-refractivity contribution in [3.8, 4) is 0 Å². The summed E-state index contributed by atoms with van der Waals surface area (Å²) in [7, 11) is 0. The molecule has 0 unspecified atom stereocenters. The Kier molecular flexibility index (Phi) is 1.30. The quantitative estimate of drug-likeness (QED) is 0.431. The number of hydrogen-bond acceptors (Lipinski definition) is 4. The van der Waals surface area contributed by atoms with Crippen LogP contribution in [0, 0.1) is 5.21 Å². The minimum Gasteiger partial charge on any atom is -0.722 e. The van der Waals surface area contributed by atoms with Crippen LogP contribution in [0.5, 0.6) is 0 Å². The second kappa shape index (κ2) is 2.30. The molecule has 0 atom stereocenters. The summed E-state index contributed by atoms with van der Waals surface area (Å²) in [6.45, 7) is 0. The lowest BCUT2D eigenvalue weighted by molar-refractivity contribution is -0.654. The molecule has 0 aliphatic heterocycles. The summed E-state index contributed by atoms with van der Waals surface area (Å²) >= 11 is 0. The molecule has 5 nitrogen and oxygen atoms in total. The lowest BCUT2D eigenvalue weighted by Gasteiger charge is -2.01. The number of fused-ring (bicyclic) bond motifs is 1. The molecule has 0 aliphatic carbocycles. The van der Waals surface area contributed by atoms with Gasteiger partial charge in [-0.1, -0.05) is 17.1 Å². The zero-order valence-corrected chi connectivity index (χ0v) is 6.14. The second-order valence-electron chi connectivity index (χ2n) is 2.33. The highest BCUT2D eigenvalue weighted by Gasteiger charge is 2.04. The lowest BCUT2D eigenvalue weighted by atomic mass is 10.3. The standard InChI is InChI=1S/C7H6N4O/c8-7-9-5-3-1-2-4-6(5)10-11(7)12/h1-4H,(H2,8,9). The number of anilines is 1. The van der Waals surface area contributed by atoms with Crippen molar-refractivity contribution in [2.45, 2.75) is 0 Å². The molecule has 2 rings (SSSR count). The molecule has 0 fully saturated rings. The number of rotatable bonds is 0. The molecule has 1 heterocycles. The predicted octanol–water partition coefficient (Wildman–Crippen LogP) is -0.155. The lowest BCUT2D eigenvalue weighted by Crippen LogP contribution is -2.35. The summed E-state index contributed by atoms with van der Waals surface area (Å²) < 4.78 is 0. The van der Waals surface area contributed by atoms with Crippen molar-refractivity contribution in [1.29, 1.82) is 0 Å². The van der Waals surface area contributed by atoms with Crippen LogP contribution in [0.4, 0.5) is 5.95 Å². The fourth-order valence-corrected chi connectivity index (χ4v) is 0.959. The molecule has 2 aromatic rings. The Morgan fingerprint density at radius 2 is 1.92 bits per heavy atom. The highest BCUT2D eigenvalue weighted by Crippen LogP contribution is 2.05. The number of aromatic nitrogens is 3. The third-order valence-corrected chi connectivity index (χ3v) is 1.51. The molecule has 2 N–H and O–H groups in total. The van der Waals surface area contributed by atoms with Crippen LogP contribution in [0.1, 0.15) is 0 Å². The number of nitrogens with two attached hydrogens (primary N) is 1. The monoisotopic (exact) mass is 162 g/mol. The predicted molar refractivity (Wildman–Crippen MR) is 42.9 cm³/mol. The summed E-state index contributed by atoms with van der Waals surface area (Å²) in [5.74, 6) is -0.131. The van der Waals surface area contributed by atoms with E-state index in [-0.39, 0.29) is 5.95 Å². The molecule has 1 aromatic carbocycles. The van der Waals surface area contributed by atoms with Crippen LogP contribution in [0.2, 0.25) is 0 Å². The van der Waals surface area contributed by atoms with E-state index in [1.54, 1.807) is 18.2 Å². The maximum Gasteiger partial charge on any atom is 0.410 e. The Morgan fingerprint density at radius 1 is 1.25 bits per heavy atom. The molecule has 0 radical (unpaired) electrons. The van der Waals surface area contributed by atoms with Gasteiger partial charge in [0.15, 0.2) is 5.52 Å². The van der Waals surface area contributed by atoms with Gasteiger partial charge in [0.25, 0.3) is 0 Å². The van der Waals surface area contributed by atoms with Crippen molar-refractivity contribution >= 4 is 17.0 Å². The van der Waals surface area contributed by atoms with Crippen LogP contribution < -0.4 is 10.6 Å². The van der Waals surface area contributed by atoms with Crippen molar-refractivity contribution in [1.82, 2.24) is 10.1 Å². The molecular formula is C7H6N4O. The molecule has 0 bridgehead atoms. The van der Waals surface area contributed by atoms with E-state index >= 15 is 0 Å². The smallest absolute Gasteiger partial charge is 0.410 e. The van der Waals surface area contributed by atoms with Gasteiger partial charge >= 0.3 is 5.95 Å². The van der Waals surface area contributed by atoms with E-state index in [2.05, 4.69) is 10.1 Å². The van der Waals surface area contributed by atoms with Gasteiger partial charge in [-0.25, -0.2) is 0 Å². The van der Waals surface area contributed by atoms with Gasteiger partial charge in [0.2, 0.25) is 0 Å². The summed E-state index contributed by atoms with van der Waals surface area (Å²) in [5.41, 5.74) is 6.43. The first-order chi connectivity index (χ1) is 5.77. The van der Waals surface area contributed by atoms with Crippen molar-refractivity contribution in [3.63, 3.8) is 0 Å². The number of benzene rings is 1.